The summed E-state index contributed by atoms with van der Waals surface area (Å²) in [5, 5.41) is 6.85. The molecule has 0 saturated carbocycles. The summed E-state index contributed by atoms with van der Waals surface area (Å²) in [4.78, 5) is 0.228. The van der Waals surface area contributed by atoms with Gasteiger partial charge in [0.1, 0.15) is 0 Å². The smallest absolute Gasteiger partial charge is 0.243 e. The van der Waals surface area contributed by atoms with Gasteiger partial charge in [0, 0.05) is 30.4 Å². The zero-order chi connectivity index (χ0) is 14.0. The van der Waals surface area contributed by atoms with Crippen LogP contribution in [0.2, 0.25) is 5.02 Å². The lowest BCUT2D eigenvalue weighted by Gasteiger charge is -2.18. The van der Waals surface area contributed by atoms with Crippen molar-refractivity contribution in [1.29, 1.82) is 0 Å². The Morgan fingerprint density at radius 2 is 2.16 bits per heavy atom. The van der Waals surface area contributed by atoms with Crippen LogP contribution in [0, 0.1) is 6.92 Å². The van der Waals surface area contributed by atoms with Gasteiger partial charge in [0.25, 0.3) is 0 Å². The largest absolute Gasteiger partial charge is 0.285 e. The molecule has 19 heavy (non-hydrogen) atoms. The second-order valence-electron chi connectivity index (χ2n) is 4.28. The first kappa shape index (κ1) is 14.0. The van der Waals surface area contributed by atoms with Crippen molar-refractivity contribution in [3.8, 4) is 0 Å². The summed E-state index contributed by atoms with van der Waals surface area (Å²) < 4.78 is 26.2. The molecule has 1 N–H and O–H groups in total. The highest BCUT2D eigenvalue weighted by molar-refractivity contribution is 7.89. The van der Waals surface area contributed by atoms with E-state index in [2.05, 4.69) is 10.2 Å². The second-order valence-corrected chi connectivity index (χ2v) is 6.73. The summed E-state index contributed by atoms with van der Waals surface area (Å²) in [5.74, 6) is 0. The highest BCUT2D eigenvalue weighted by atomic mass is 35.5. The minimum Gasteiger partial charge on any atom is -0.285 e. The van der Waals surface area contributed by atoms with Gasteiger partial charge in [-0.25, -0.2) is 8.42 Å². The van der Waals surface area contributed by atoms with Crippen LogP contribution in [0.5, 0.6) is 0 Å². The minimum absolute atomic E-state index is 0.228. The number of hydrogen-bond donors (Lipinski definition) is 1. The van der Waals surface area contributed by atoms with Gasteiger partial charge in [-0.1, -0.05) is 17.7 Å². The summed E-state index contributed by atoms with van der Waals surface area (Å²) in [6, 6.07) is 4.84. The van der Waals surface area contributed by atoms with Gasteiger partial charge in [-0.15, -0.1) is 0 Å². The van der Waals surface area contributed by atoms with Crippen molar-refractivity contribution in [2.45, 2.75) is 18.4 Å². The van der Waals surface area contributed by atoms with E-state index in [4.69, 9.17) is 11.6 Å². The number of halogens is 1. The van der Waals surface area contributed by atoms with E-state index in [1.807, 2.05) is 0 Å². The maximum absolute atomic E-state index is 12.5. The monoisotopic (exact) mass is 299 g/mol. The van der Waals surface area contributed by atoms with Crippen molar-refractivity contribution in [3.05, 3.63) is 46.7 Å². The van der Waals surface area contributed by atoms with Crippen molar-refractivity contribution < 1.29 is 8.42 Å². The topological polar surface area (TPSA) is 66.1 Å². The third-order valence-corrected chi connectivity index (χ3v) is 4.98. The average Bonchev–Trinajstić information content (AvgIpc) is 2.85. The molecule has 2 rings (SSSR count). The molecule has 1 aromatic carbocycles. The number of aromatic amines is 1. The normalized spacial score (nSPS) is 12.0. The molecular weight excluding hydrogens is 286 g/mol. The van der Waals surface area contributed by atoms with Crippen LogP contribution in [0.25, 0.3) is 0 Å². The summed E-state index contributed by atoms with van der Waals surface area (Å²) in [7, 11) is -2.03. The first-order valence-electron chi connectivity index (χ1n) is 5.61. The SMILES string of the molecule is Cc1ccc(Cl)cc1S(=O)(=O)N(C)Cc1cn[nH]c1. The van der Waals surface area contributed by atoms with Gasteiger partial charge in [0.05, 0.1) is 11.1 Å². The summed E-state index contributed by atoms with van der Waals surface area (Å²) in [6.45, 7) is 2.00. The number of aromatic nitrogens is 2. The molecule has 0 atom stereocenters. The fourth-order valence-electron chi connectivity index (χ4n) is 1.73. The predicted molar refractivity (Wildman–Crippen MR) is 73.4 cm³/mol. The fraction of sp³-hybridized carbons (Fsp3) is 0.250. The van der Waals surface area contributed by atoms with Gasteiger partial charge in [-0.2, -0.15) is 9.40 Å². The molecule has 0 amide bonds. The van der Waals surface area contributed by atoms with E-state index in [9.17, 15) is 8.42 Å². The van der Waals surface area contributed by atoms with E-state index >= 15 is 0 Å². The Hall–Kier alpha value is -1.37. The van der Waals surface area contributed by atoms with Gasteiger partial charge < -0.3 is 0 Å². The number of hydrogen-bond acceptors (Lipinski definition) is 3. The Bertz CT molecular complexity index is 668. The molecule has 1 aromatic heterocycles. The zero-order valence-electron chi connectivity index (χ0n) is 10.6. The number of benzene rings is 1. The van der Waals surface area contributed by atoms with E-state index in [-0.39, 0.29) is 11.4 Å². The van der Waals surface area contributed by atoms with Crippen molar-refractivity contribution >= 4 is 21.6 Å². The van der Waals surface area contributed by atoms with E-state index in [0.717, 1.165) is 5.56 Å². The van der Waals surface area contributed by atoms with Crippen LogP contribution in [0.4, 0.5) is 0 Å². The lowest BCUT2D eigenvalue weighted by Crippen LogP contribution is -2.27. The average molecular weight is 300 g/mol. The van der Waals surface area contributed by atoms with Gasteiger partial charge in [-0.05, 0) is 24.6 Å². The molecule has 0 radical (unpaired) electrons. The summed E-state index contributed by atoms with van der Waals surface area (Å²) in [6.07, 6.45) is 3.26. The molecule has 0 spiro atoms. The molecule has 0 aliphatic rings. The van der Waals surface area contributed by atoms with Crippen LogP contribution >= 0.6 is 11.6 Å². The molecule has 0 saturated heterocycles. The molecular formula is C12H14ClN3O2S. The van der Waals surface area contributed by atoms with Crippen LogP contribution in [0.15, 0.2) is 35.5 Å². The fourth-order valence-corrected chi connectivity index (χ4v) is 3.37. The van der Waals surface area contributed by atoms with Crippen LogP contribution in [-0.4, -0.2) is 30.0 Å². The van der Waals surface area contributed by atoms with Crippen LogP contribution in [0.1, 0.15) is 11.1 Å². The molecule has 2 aromatic rings. The standard InChI is InChI=1S/C12H14ClN3O2S/c1-9-3-4-11(13)5-12(9)19(17,18)16(2)8-10-6-14-15-7-10/h3-7H,8H2,1-2H3,(H,14,15). The molecule has 7 heteroatoms. The maximum Gasteiger partial charge on any atom is 0.243 e. The quantitative estimate of drug-likeness (QED) is 0.941. The zero-order valence-corrected chi connectivity index (χ0v) is 12.2. The van der Waals surface area contributed by atoms with Crippen molar-refractivity contribution in [3.63, 3.8) is 0 Å². The Morgan fingerprint density at radius 1 is 1.42 bits per heavy atom. The van der Waals surface area contributed by atoms with Gasteiger partial charge in [0.2, 0.25) is 10.0 Å². The van der Waals surface area contributed by atoms with Gasteiger partial charge in [-0.3, -0.25) is 5.10 Å². The molecule has 0 aliphatic heterocycles. The van der Waals surface area contributed by atoms with Gasteiger partial charge in [0.15, 0.2) is 0 Å². The second kappa shape index (κ2) is 5.32. The maximum atomic E-state index is 12.5. The number of H-pyrrole nitrogens is 1. The third-order valence-electron chi connectivity index (χ3n) is 2.80. The van der Waals surface area contributed by atoms with E-state index in [1.54, 1.807) is 31.5 Å². The summed E-state index contributed by atoms with van der Waals surface area (Å²) >= 11 is 5.87. The van der Waals surface area contributed by atoms with Crippen molar-refractivity contribution in [2.75, 3.05) is 7.05 Å². The van der Waals surface area contributed by atoms with Crippen LogP contribution in [0.3, 0.4) is 0 Å². The molecule has 1 heterocycles. The van der Waals surface area contributed by atoms with Crippen molar-refractivity contribution in [2.24, 2.45) is 0 Å². The number of rotatable bonds is 4. The Kier molecular flexibility index (Phi) is 3.93. The number of nitrogens with zero attached hydrogens (tertiary/aromatic N) is 2. The van der Waals surface area contributed by atoms with Crippen LogP contribution < -0.4 is 0 Å². The van der Waals surface area contributed by atoms with E-state index < -0.39 is 10.0 Å². The molecule has 0 fully saturated rings. The Morgan fingerprint density at radius 3 is 2.79 bits per heavy atom. The van der Waals surface area contributed by atoms with E-state index in [0.29, 0.717) is 10.6 Å². The van der Waals surface area contributed by atoms with Crippen LogP contribution in [-0.2, 0) is 16.6 Å². The molecule has 0 aliphatic carbocycles. The first-order valence-corrected chi connectivity index (χ1v) is 7.43. The van der Waals surface area contributed by atoms with Crippen molar-refractivity contribution in [1.82, 2.24) is 14.5 Å². The molecule has 0 bridgehead atoms. The lowest BCUT2D eigenvalue weighted by molar-refractivity contribution is 0.466. The highest BCUT2D eigenvalue weighted by Gasteiger charge is 2.23. The lowest BCUT2D eigenvalue weighted by atomic mass is 10.2. The number of sulfonamides is 1. The first-order chi connectivity index (χ1) is 8.91. The van der Waals surface area contributed by atoms with Gasteiger partial charge >= 0.3 is 0 Å². The highest BCUT2D eigenvalue weighted by Crippen LogP contribution is 2.23. The predicted octanol–water partition coefficient (Wildman–Crippen LogP) is 2.19. The number of aryl methyl sites for hydroxylation is 1. The Labute approximate surface area is 117 Å². The molecule has 5 nitrogen and oxygen atoms in total. The minimum atomic E-state index is -3.56. The number of nitrogens with one attached hydrogen (secondary N) is 1. The van der Waals surface area contributed by atoms with E-state index in [1.165, 1.54) is 17.4 Å². The third kappa shape index (κ3) is 2.97. The Balaban J connectivity index is 2.33. The molecule has 102 valence electrons. The molecule has 0 unspecified atom stereocenters. The summed E-state index contributed by atoms with van der Waals surface area (Å²) in [5.41, 5.74) is 1.47.